The molecule has 170 valence electrons. The van der Waals surface area contributed by atoms with Crippen LogP contribution in [-0.4, -0.2) is 59.6 Å². The van der Waals surface area contributed by atoms with Gasteiger partial charge in [-0.1, -0.05) is 19.6 Å². The lowest BCUT2D eigenvalue weighted by atomic mass is 9.72. The van der Waals surface area contributed by atoms with Crippen LogP contribution in [0.3, 0.4) is 0 Å². The number of ketones is 2. The molecule has 1 aromatic heterocycles. The number of thiophene rings is 1. The molecule has 0 bridgehead atoms. The highest BCUT2D eigenvalue weighted by atomic mass is 32.1. The molecular weight excluding hydrogens is 448 g/mol. The Bertz CT molecular complexity index is 1190. The predicted octanol–water partition coefficient (Wildman–Crippen LogP) is 2.46. The third-order valence-corrected chi connectivity index (χ3v) is 11.7. The molecule has 2 aliphatic carbocycles. The van der Waals surface area contributed by atoms with Crippen molar-refractivity contribution in [1.82, 2.24) is 0 Å². The molecule has 1 saturated heterocycles. The van der Waals surface area contributed by atoms with Crippen molar-refractivity contribution >= 4 is 35.5 Å². The van der Waals surface area contributed by atoms with Crippen LogP contribution < -0.4 is 4.50 Å². The van der Waals surface area contributed by atoms with Gasteiger partial charge < -0.3 is 24.8 Å². The number of rotatable bonds is 2. The van der Waals surface area contributed by atoms with Gasteiger partial charge in [0.2, 0.25) is 5.78 Å². The van der Waals surface area contributed by atoms with Crippen LogP contribution in [0.4, 0.5) is 0 Å². The van der Waals surface area contributed by atoms with Gasteiger partial charge in [0.25, 0.3) is 0 Å². The minimum Gasteiger partial charge on any atom is -0.507 e. The summed E-state index contributed by atoms with van der Waals surface area (Å²) in [6.07, 6.45) is 0.358. The first-order valence-corrected chi connectivity index (χ1v) is 15.0. The first-order valence-electron chi connectivity index (χ1n) is 10.7. The number of ether oxygens (including phenoxy) is 2. The van der Waals surface area contributed by atoms with Crippen molar-refractivity contribution in [2.24, 2.45) is 0 Å². The zero-order valence-electron chi connectivity index (χ0n) is 18.5. The maximum atomic E-state index is 13.4. The zero-order chi connectivity index (χ0) is 23.2. The number of aliphatic hydroxyl groups is 1. The van der Waals surface area contributed by atoms with Gasteiger partial charge in [0.1, 0.15) is 17.1 Å². The molecule has 1 fully saturated rings. The molecule has 1 atom stereocenters. The van der Waals surface area contributed by atoms with Crippen LogP contribution in [-0.2, 0) is 22.3 Å². The first-order chi connectivity index (χ1) is 14.9. The minimum absolute atomic E-state index is 0.0651. The van der Waals surface area contributed by atoms with Gasteiger partial charge in [-0.2, -0.15) is 0 Å². The van der Waals surface area contributed by atoms with Crippen LogP contribution in [0.5, 0.6) is 11.5 Å². The molecule has 2 aromatic rings. The lowest BCUT2D eigenvalue weighted by molar-refractivity contribution is -0.262. The van der Waals surface area contributed by atoms with Gasteiger partial charge in [0.05, 0.1) is 37.3 Å². The average molecular weight is 475 g/mol. The molecule has 0 radical (unpaired) electrons. The summed E-state index contributed by atoms with van der Waals surface area (Å²) < 4.78 is 12.3. The molecule has 32 heavy (non-hydrogen) atoms. The van der Waals surface area contributed by atoms with Gasteiger partial charge in [-0.25, -0.2) is 0 Å². The van der Waals surface area contributed by atoms with E-state index in [4.69, 9.17) is 9.47 Å². The quantitative estimate of drug-likeness (QED) is 0.386. The molecule has 0 spiro atoms. The van der Waals surface area contributed by atoms with Crippen LogP contribution >= 0.6 is 11.3 Å². The smallest absolute Gasteiger partial charge is 0.208 e. The summed E-state index contributed by atoms with van der Waals surface area (Å²) in [7, 11) is -1.78. The number of carbonyl (C=O) groups is 2. The zero-order valence-corrected chi connectivity index (χ0v) is 20.3. The maximum absolute atomic E-state index is 13.4. The van der Waals surface area contributed by atoms with E-state index in [2.05, 4.69) is 19.6 Å². The molecule has 0 amide bonds. The number of hydrogen-bond donors (Lipinski definition) is 3. The standard InChI is InChI=1S/C23H26O7SSi/c1-22(29-7-8-30-22)23(28)6-5-11-13(10-23)19(26)16-15(17(11)24)18(25)12-9-14(32(2,3)4)31-21(12)20(16)27/h9,24,26,28H,5-8,10H2,1-4H3. The fourth-order valence-electron chi connectivity index (χ4n) is 4.96. The number of carbonyl (C=O) groups excluding carboxylic acids is 2. The second-order valence-electron chi connectivity index (χ2n) is 10.0. The Morgan fingerprint density at radius 2 is 1.59 bits per heavy atom. The van der Waals surface area contributed by atoms with Gasteiger partial charge in [0.15, 0.2) is 11.6 Å². The second-order valence-corrected chi connectivity index (χ2v) is 16.5. The Morgan fingerprint density at radius 3 is 2.22 bits per heavy atom. The molecule has 1 unspecified atom stereocenters. The van der Waals surface area contributed by atoms with Crippen molar-refractivity contribution in [2.45, 2.75) is 57.2 Å². The summed E-state index contributed by atoms with van der Waals surface area (Å²) >= 11 is 1.30. The summed E-state index contributed by atoms with van der Waals surface area (Å²) in [6, 6.07) is 1.78. The van der Waals surface area contributed by atoms with Crippen LogP contribution in [0.1, 0.15) is 55.6 Å². The van der Waals surface area contributed by atoms with Crippen LogP contribution in [0, 0.1) is 0 Å². The Hall–Kier alpha value is -2.04. The number of phenols is 2. The van der Waals surface area contributed by atoms with Crippen molar-refractivity contribution in [3.8, 4) is 11.5 Å². The number of benzene rings is 1. The molecule has 7 nitrogen and oxygen atoms in total. The van der Waals surface area contributed by atoms with E-state index in [0.717, 1.165) is 4.50 Å². The van der Waals surface area contributed by atoms with E-state index < -0.39 is 31.0 Å². The van der Waals surface area contributed by atoms with Crippen molar-refractivity contribution in [1.29, 1.82) is 0 Å². The predicted molar refractivity (Wildman–Crippen MR) is 121 cm³/mol. The molecule has 2 heterocycles. The normalized spacial score (nSPS) is 24.3. The summed E-state index contributed by atoms with van der Waals surface area (Å²) in [5.74, 6) is -2.79. The van der Waals surface area contributed by atoms with E-state index in [9.17, 15) is 24.9 Å². The van der Waals surface area contributed by atoms with E-state index in [0.29, 0.717) is 29.2 Å². The van der Waals surface area contributed by atoms with Gasteiger partial charge in [0, 0.05) is 23.1 Å². The number of hydrogen-bond acceptors (Lipinski definition) is 8. The molecule has 1 aromatic carbocycles. The Balaban J connectivity index is 1.67. The maximum Gasteiger partial charge on any atom is 0.208 e. The van der Waals surface area contributed by atoms with Gasteiger partial charge in [-0.15, -0.1) is 11.3 Å². The van der Waals surface area contributed by atoms with Crippen LogP contribution in [0.25, 0.3) is 0 Å². The largest absolute Gasteiger partial charge is 0.507 e. The summed E-state index contributed by atoms with van der Waals surface area (Å²) in [6.45, 7) is 8.75. The monoisotopic (exact) mass is 474 g/mol. The second kappa shape index (κ2) is 6.74. The average Bonchev–Trinajstić information content (AvgIpc) is 3.37. The third kappa shape index (κ3) is 2.81. The highest BCUT2D eigenvalue weighted by Gasteiger charge is 2.54. The minimum atomic E-state index is -1.78. The summed E-state index contributed by atoms with van der Waals surface area (Å²) in [5.41, 5.74) is -0.809. The first kappa shape index (κ1) is 21.8. The van der Waals surface area contributed by atoms with E-state index in [-0.39, 0.29) is 47.5 Å². The molecule has 5 rings (SSSR count). The van der Waals surface area contributed by atoms with Crippen molar-refractivity contribution in [3.63, 3.8) is 0 Å². The summed E-state index contributed by atoms with van der Waals surface area (Å²) in [5, 5.41) is 33.6. The highest BCUT2D eigenvalue weighted by Crippen LogP contribution is 2.50. The lowest BCUT2D eigenvalue weighted by Gasteiger charge is -2.44. The Kier molecular flexibility index (Phi) is 4.59. The van der Waals surface area contributed by atoms with E-state index in [1.54, 1.807) is 13.0 Å². The number of fused-ring (bicyclic) bond motifs is 3. The van der Waals surface area contributed by atoms with Crippen molar-refractivity contribution in [3.05, 3.63) is 38.8 Å². The van der Waals surface area contributed by atoms with E-state index >= 15 is 0 Å². The van der Waals surface area contributed by atoms with Crippen molar-refractivity contribution in [2.75, 3.05) is 13.2 Å². The van der Waals surface area contributed by atoms with E-state index in [1.807, 2.05) is 0 Å². The van der Waals surface area contributed by atoms with Crippen molar-refractivity contribution < 1.29 is 34.4 Å². The third-order valence-electron chi connectivity index (χ3n) is 6.98. The van der Waals surface area contributed by atoms with Crippen LogP contribution in [0.2, 0.25) is 19.6 Å². The molecule has 3 aliphatic rings. The SMILES string of the molecule is CC1(C2(O)CCc3c(O)c4c(c(O)c3C2)C(=O)c2sc([Si](C)(C)C)cc2C4=O)OCCO1. The molecule has 1 aliphatic heterocycles. The van der Waals surface area contributed by atoms with Gasteiger partial charge >= 0.3 is 0 Å². The lowest BCUT2D eigenvalue weighted by Crippen LogP contribution is -2.56. The topological polar surface area (TPSA) is 113 Å². The fraction of sp³-hybridized carbons (Fsp3) is 0.478. The highest BCUT2D eigenvalue weighted by molar-refractivity contribution is 7.28. The van der Waals surface area contributed by atoms with E-state index in [1.165, 1.54) is 11.3 Å². The molecule has 9 heteroatoms. The summed E-state index contributed by atoms with van der Waals surface area (Å²) in [4.78, 5) is 27.1. The molecular formula is C23H26O7SSi. The Morgan fingerprint density at radius 1 is 1.00 bits per heavy atom. The van der Waals surface area contributed by atoms with Gasteiger partial charge in [-0.3, -0.25) is 9.59 Å². The molecule has 3 N–H and O–H groups in total. The van der Waals surface area contributed by atoms with Crippen LogP contribution in [0.15, 0.2) is 6.07 Å². The fourth-order valence-corrected chi connectivity index (χ4v) is 7.92. The number of phenolic OH excluding ortho intramolecular Hbond substituents is 2. The molecule has 0 saturated carbocycles. The van der Waals surface area contributed by atoms with Gasteiger partial charge in [-0.05, 0) is 30.3 Å². The number of aromatic hydroxyl groups is 2. The Labute approximate surface area is 190 Å².